The summed E-state index contributed by atoms with van der Waals surface area (Å²) in [6, 6.07) is 1.85. The van der Waals surface area contributed by atoms with E-state index in [9.17, 15) is 9.59 Å². The van der Waals surface area contributed by atoms with Gasteiger partial charge in [0.05, 0.1) is 12.5 Å². The molecule has 0 aromatic rings. The molecule has 110 valence electrons. The Hall–Kier alpha value is -2.07. The Bertz CT molecular complexity index is 433. The molecule has 7 heteroatoms. The monoisotopic (exact) mass is 281 g/mol. The van der Waals surface area contributed by atoms with Crippen LogP contribution in [0.4, 0.5) is 0 Å². The molecule has 2 N–H and O–H groups in total. The number of rotatable bonds is 5. The molecule has 0 aromatic heterocycles. The number of likely N-dealkylation sites (N-methyl/N-ethyl adjacent to an activating group) is 1. The van der Waals surface area contributed by atoms with E-state index < -0.39 is 11.9 Å². The summed E-state index contributed by atoms with van der Waals surface area (Å²) in [5.74, 6) is -1.64. The quantitative estimate of drug-likeness (QED) is 0.527. The lowest BCUT2D eigenvalue weighted by Gasteiger charge is -2.30. The maximum absolute atomic E-state index is 12.1. The number of carbonyl (C=O) groups is 2. The van der Waals surface area contributed by atoms with E-state index >= 15 is 0 Å². The third-order valence-corrected chi connectivity index (χ3v) is 3.28. The van der Waals surface area contributed by atoms with Gasteiger partial charge in [0.1, 0.15) is 11.6 Å². The van der Waals surface area contributed by atoms with Crippen LogP contribution in [0.3, 0.4) is 0 Å². The number of nitrogens with zero attached hydrogens (tertiary/aromatic N) is 3. The number of nitriles is 1. The van der Waals surface area contributed by atoms with E-state index in [2.05, 4.69) is 0 Å². The fraction of sp³-hybridized carbons (Fsp3) is 0.615. The minimum Gasteiger partial charge on any atom is -0.481 e. The van der Waals surface area contributed by atoms with Gasteiger partial charge < -0.3 is 20.0 Å². The summed E-state index contributed by atoms with van der Waals surface area (Å²) in [5, 5.41) is 26.7. The number of piperidine rings is 1. The van der Waals surface area contributed by atoms with Crippen LogP contribution in [-0.2, 0) is 9.59 Å². The summed E-state index contributed by atoms with van der Waals surface area (Å²) < 4.78 is 0. The van der Waals surface area contributed by atoms with Gasteiger partial charge in [0.25, 0.3) is 5.91 Å². The van der Waals surface area contributed by atoms with E-state index in [4.69, 9.17) is 15.5 Å². The van der Waals surface area contributed by atoms with Crippen molar-refractivity contribution in [1.82, 2.24) is 9.80 Å². The summed E-state index contributed by atoms with van der Waals surface area (Å²) >= 11 is 0. The highest BCUT2D eigenvalue weighted by Gasteiger charge is 2.28. The van der Waals surface area contributed by atoms with Crippen LogP contribution in [0.25, 0.3) is 0 Å². The van der Waals surface area contributed by atoms with Crippen molar-refractivity contribution in [3.8, 4) is 6.07 Å². The second kappa shape index (κ2) is 7.50. The molecule has 1 aliphatic heterocycles. The first-order valence-corrected chi connectivity index (χ1v) is 6.44. The Labute approximate surface area is 117 Å². The van der Waals surface area contributed by atoms with Crippen LogP contribution in [0.1, 0.15) is 12.8 Å². The third kappa shape index (κ3) is 4.24. The molecule has 0 radical (unpaired) electrons. The molecule has 0 aliphatic carbocycles. The zero-order valence-corrected chi connectivity index (χ0v) is 11.4. The number of amides is 1. The molecule has 20 heavy (non-hydrogen) atoms. The lowest BCUT2D eigenvalue weighted by Crippen LogP contribution is -2.41. The van der Waals surface area contributed by atoms with Gasteiger partial charge in [-0.15, -0.1) is 0 Å². The molecule has 1 amide bonds. The molecule has 0 bridgehead atoms. The van der Waals surface area contributed by atoms with Crippen molar-refractivity contribution in [2.24, 2.45) is 5.92 Å². The second-order valence-corrected chi connectivity index (χ2v) is 4.76. The van der Waals surface area contributed by atoms with Gasteiger partial charge in [-0.05, 0) is 12.8 Å². The minimum atomic E-state index is -0.837. The first kappa shape index (κ1) is 16.0. The van der Waals surface area contributed by atoms with E-state index in [-0.39, 0.29) is 18.1 Å². The first-order valence-electron chi connectivity index (χ1n) is 6.44. The predicted molar refractivity (Wildman–Crippen MR) is 70.4 cm³/mol. The molecule has 1 fully saturated rings. The number of likely N-dealkylation sites (tertiary alicyclic amines) is 1. The smallest absolute Gasteiger partial charge is 0.306 e. The Kier molecular flexibility index (Phi) is 6.00. The van der Waals surface area contributed by atoms with Crippen molar-refractivity contribution in [1.29, 1.82) is 5.26 Å². The van der Waals surface area contributed by atoms with E-state index in [0.717, 1.165) is 0 Å². The summed E-state index contributed by atoms with van der Waals surface area (Å²) in [6.45, 7) is 0.959. The Morgan fingerprint density at radius 1 is 1.45 bits per heavy atom. The lowest BCUT2D eigenvalue weighted by atomic mass is 9.97. The van der Waals surface area contributed by atoms with Crippen molar-refractivity contribution in [2.45, 2.75) is 12.8 Å². The van der Waals surface area contributed by atoms with Crippen LogP contribution in [0.2, 0.25) is 0 Å². The number of aliphatic carboxylic acids is 1. The van der Waals surface area contributed by atoms with Crippen molar-refractivity contribution >= 4 is 11.9 Å². The Morgan fingerprint density at radius 2 is 2.05 bits per heavy atom. The average molecular weight is 281 g/mol. The third-order valence-electron chi connectivity index (χ3n) is 3.28. The van der Waals surface area contributed by atoms with Crippen LogP contribution in [0.5, 0.6) is 0 Å². The molecule has 1 aliphatic rings. The molecular weight excluding hydrogens is 262 g/mol. The lowest BCUT2D eigenvalue weighted by molar-refractivity contribution is -0.145. The minimum absolute atomic E-state index is 0.00488. The molecule has 0 aromatic carbocycles. The highest BCUT2D eigenvalue weighted by molar-refractivity contribution is 5.97. The van der Waals surface area contributed by atoms with Crippen LogP contribution >= 0.6 is 0 Å². The first-order chi connectivity index (χ1) is 9.49. The molecule has 1 rings (SSSR count). The summed E-state index contributed by atoms with van der Waals surface area (Å²) in [4.78, 5) is 26.1. The maximum Gasteiger partial charge on any atom is 0.306 e. The van der Waals surface area contributed by atoms with Gasteiger partial charge >= 0.3 is 5.97 Å². The molecule has 0 atom stereocenters. The maximum atomic E-state index is 12.1. The Balaban J connectivity index is 2.65. The van der Waals surface area contributed by atoms with Gasteiger partial charge in [-0.3, -0.25) is 9.59 Å². The zero-order valence-electron chi connectivity index (χ0n) is 11.4. The molecular formula is C13H19N3O4. The van der Waals surface area contributed by atoms with Gasteiger partial charge in [-0.2, -0.15) is 5.26 Å². The SMILES string of the molecule is CN(/C=C(/C#N)C(=O)N1CCC(C(=O)O)CC1)CCO. The molecule has 0 saturated carbocycles. The van der Waals surface area contributed by atoms with Crippen LogP contribution in [0.15, 0.2) is 11.8 Å². The number of aliphatic hydroxyl groups excluding tert-OH is 1. The Morgan fingerprint density at radius 3 is 2.50 bits per heavy atom. The molecule has 0 spiro atoms. The normalized spacial score (nSPS) is 16.6. The number of carboxylic acids is 1. The van der Waals surface area contributed by atoms with E-state index in [1.165, 1.54) is 11.1 Å². The van der Waals surface area contributed by atoms with Gasteiger partial charge in [-0.1, -0.05) is 0 Å². The number of hydrogen-bond acceptors (Lipinski definition) is 5. The number of aliphatic hydroxyl groups is 1. The average Bonchev–Trinajstić information content (AvgIpc) is 2.44. The molecule has 0 unspecified atom stereocenters. The second-order valence-electron chi connectivity index (χ2n) is 4.76. The summed E-state index contributed by atoms with van der Waals surface area (Å²) in [7, 11) is 1.66. The van der Waals surface area contributed by atoms with Gasteiger partial charge in [0, 0.05) is 32.9 Å². The fourth-order valence-corrected chi connectivity index (χ4v) is 2.07. The topological polar surface area (TPSA) is 105 Å². The molecule has 1 saturated heterocycles. The highest BCUT2D eigenvalue weighted by Crippen LogP contribution is 2.18. The predicted octanol–water partition coefficient (Wildman–Crippen LogP) is -0.359. The molecule has 7 nitrogen and oxygen atoms in total. The zero-order chi connectivity index (χ0) is 15.1. The van der Waals surface area contributed by atoms with Crippen LogP contribution in [0, 0.1) is 17.2 Å². The van der Waals surface area contributed by atoms with Gasteiger partial charge in [-0.25, -0.2) is 0 Å². The van der Waals surface area contributed by atoms with Gasteiger partial charge in [0.2, 0.25) is 0 Å². The van der Waals surface area contributed by atoms with Gasteiger partial charge in [0.15, 0.2) is 0 Å². The highest BCUT2D eigenvalue weighted by atomic mass is 16.4. The number of carbonyl (C=O) groups excluding carboxylic acids is 1. The van der Waals surface area contributed by atoms with Crippen molar-refractivity contribution in [3.63, 3.8) is 0 Å². The van der Waals surface area contributed by atoms with Crippen molar-refractivity contribution in [2.75, 3.05) is 33.3 Å². The van der Waals surface area contributed by atoms with Crippen LogP contribution in [-0.4, -0.2) is 65.2 Å². The van der Waals surface area contributed by atoms with E-state index in [1.54, 1.807) is 11.9 Å². The van der Waals surface area contributed by atoms with E-state index in [0.29, 0.717) is 32.5 Å². The summed E-state index contributed by atoms with van der Waals surface area (Å²) in [5.41, 5.74) is -0.00488. The number of hydrogen-bond donors (Lipinski definition) is 2. The fourth-order valence-electron chi connectivity index (χ4n) is 2.07. The standard InChI is InChI=1S/C13H19N3O4/c1-15(6-7-17)9-11(8-14)12(18)16-4-2-10(3-5-16)13(19)20/h9-10,17H,2-7H2,1H3,(H,19,20)/b11-9-. The van der Waals surface area contributed by atoms with Crippen molar-refractivity contribution in [3.05, 3.63) is 11.8 Å². The summed E-state index contributed by atoms with van der Waals surface area (Å²) in [6.07, 6.45) is 2.22. The number of carboxylic acid groups (broad SMARTS) is 1. The molecule has 1 heterocycles. The van der Waals surface area contributed by atoms with Crippen molar-refractivity contribution < 1.29 is 19.8 Å². The largest absolute Gasteiger partial charge is 0.481 e. The van der Waals surface area contributed by atoms with E-state index in [1.807, 2.05) is 6.07 Å². The van der Waals surface area contributed by atoms with Crippen LogP contribution < -0.4 is 0 Å².